The molecule has 3 aromatic heterocycles. The van der Waals surface area contributed by atoms with Gasteiger partial charge in [-0.25, -0.2) is 4.90 Å². The van der Waals surface area contributed by atoms with Gasteiger partial charge in [-0.1, -0.05) is 25.4 Å². The lowest BCUT2D eigenvalue weighted by Gasteiger charge is -2.36. The second-order valence-electron chi connectivity index (χ2n) is 12.7. The van der Waals surface area contributed by atoms with E-state index in [1.165, 1.54) is 0 Å². The molecule has 5 heterocycles. The molecule has 3 fully saturated rings. The Morgan fingerprint density at radius 3 is 2.52 bits per heavy atom. The largest absolute Gasteiger partial charge is 0.378 e. The molecule has 1 aromatic carbocycles. The van der Waals surface area contributed by atoms with Crippen LogP contribution in [0.15, 0.2) is 42.7 Å². The van der Waals surface area contributed by atoms with E-state index in [1.54, 1.807) is 11.3 Å². The van der Waals surface area contributed by atoms with E-state index >= 15 is 0 Å². The summed E-state index contributed by atoms with van der Waals surface area (Å²) in [5, 5.41) is 33.8. The van der Waals surface area contributed by atoms with Crippen molar-refractivity contribution in [3.8, 4) is 17.2 Å². The highest BCUT2D eigenvalue weighted by molar-refractivity contribution is 7.19. The zero-order chi connectivity index (χ0) is 28.0. The van der Waals surface area contributed by atoms with Crippen LogP contribution in [0.3, 0.4) is 0 Å². The van der Waals surface area contributed by atoms with E-state index in [0.29, 0.717) is 18.1 Å². The van der Waals surface area contributed by atoms with Gasteiger partial charge in [0.1, 0.15) is 12.5 Å². The standard InChI is InChI=1S/C31H34ClN5O2S/c1-30(2)24-25(30)29(39)37(28(24)38)15-20-14-23-27(40-20)21(4-8-34-23)22-13-19(32)12-18-5-9-36(26(18)22)17-31(16-33)6-10-35(3)11-7-31/h4-5,8-9,12-14,24-25,28-29,38-39H,6-7,10-11,15,17H2,1-3H3. The number of rotatable bonds is 5. The first-order valence-electron chi connectivity index (χ1n) is 14.0. The third-order valence-electron chi connectivity index (χ3n) is 9.89. The Balaban J connectivity index is 1.27. The van der Waals surface area contributed by atoms with Gasteiger partial charge in [-0.05, 0) is 68.7 Å². The number of aromatic nitrogens is 2. The average molecular weight is 576 g/mol. The minimum absolute atomic E-state index is 0.0191. The van der Waals surface area contributed by atoms with Crippen molar-refractivity contribution in [2.45, 2.75) is 52.2 Å². The number of hydrogen-bond acceptors (Lipinski definition) is 7. The molecule has 4 atom stereocenters. The molecule has 208 valence electrons. The van der Waals surface area contributed by atoms with Crippen LogP contribution in [0.2, 0.25) is 5.02 Å². The number of benzene rings is 1. The van der Waals surface area contributed by atoms with E-state index < -0.39 is 17.9 Å². The van der Waals surface area contributed by atoms with Crippen LogP contribution in [0.25, 0.3) is 32.2 Å². The number of likely N-dealkylation sites (tertiary alicyclic amines) is 2. The summed E-state index contributed by atoms with van der Waals surface area (Å²) < 4.78 is 3.29. The zero-order valence-electron chi connectivity index (χ0n) is 23.0. The van der Waals surface area contributed by atoms with Gasteiger partial charge in [-0.3, -0.25) is 4.98 Å². The predicted molar refractivity (Wildman–Crippen MR) is 159 cm³/mol. The first kappa shape index (κ1) is 26.4. The fourth-order valence-electron chi connectivity index (χ4n) is 7.40. The molecule has 0 radical (unpaired) electrons. The Labute approximate surface area is 243 Å². The third-order valence-corrected chi connectivity index (χ3v) is 11.2. The average Bonchev–Trinajstić information content (AvgIpc) is 3.27. The van der Waals surface area contributed by atoms with E-state index in [9.17, 15) is 15.5 Å². The molecule has 0 amide bonds. The summed E-state index contributed by atoms with van der Waals surface area (Å²) in [6.07, 6.45) is 4.33. The Morgan fingerprint density at radius 1 is 1.10 bits per heavy atom. The molecule has 4 aromatic rings. The van der Waals surface area contributed by atoms with Crippen LogP contribution < -0.4 is 0 Å². The van der Waals surface area contributed by atoms with Crippen molar-refractivity contribution in [1.82, 2.24) is 19.4 Å². The van der Waals surface area contributed by atoms with Gasteiger partial charge in [0.2, 0.25) is 0 Å². The van der Waals surface area contributed by atoms with Crippen LogP contribution in [0, 0.1) is 34.0 Å². The van der Waals surface area contributed by atoms with Gasteiger partial charge in [0.15, 0.2) is 0 Å². The molecule has 1 aliphatic carbocycles. The predicted octanol–water partition coefficient (Wildman–Crippen LogP) is 5.53. The smallest absolute Gasteiger partial charge is 0.113 e. The number of piperidine rings is 2. The zero-order valence-corrected chi connectivity index (χ0v) is 24.6. The van der Waals surface area contributed by atoms with Crippen molar-refractivity contribution >= 4 is 44.1 Å². The molecule has 1 saturated carbocycles. The molecule has 2 saturated heterocycles. The maximum atomic E-state index is 10.9. The monoisotopic (exact) mass is 575 g/mol. The van der Waals surface area contributed by atoms with Crippen molar-refractivity contribution in [1.29, 1.82) is 5.26 Å². The van der Waals surface area contributed by atoms with Gasteiger partial charge in [-0.15, -0.1) is 11.3 Å². The van der Waals surface area contributed by atoms with E-state index in [4.69, 9.17) is 11.6 Å². The molecule has 7 rings (SSSR count). The summed E-state index contributed by atoms with van der Waals surface area (Å²) in [7, 11) is 2.12. The van der Waals surface area contributed by atoms with Gasteiger partial charge >= 0.3 is 0 Å². The number of nitriles is 1. The lowest BCUT2D eigenvalue weighted by atomic mass is 9.79. The third kappa shape index (κ3) is 4.02. The van der Waals surface area contributed by atoms with Crippen molar-refractivity contribution in [3.63, 3.8) is 0 Å². The Hall–Kier alpha value is -2.51. The highest BCUT2D eigenvalue weighted by Gasteiger charge is 2.71. The van der Waals surface area contributed by atoms with Crippen molar-refractivity contribution in [2.24, 2.45) is 22.7 Å². The second kappa shape index (κ2) is 9.25. The van der Waals surface area contributed by atoms with Crippen molar-refractivity contribution in [2.75, 3.05) is 20.1 Å². The normalized spacial score (nSPS) is 27.7. The van der Waals surface area contributed by atoms with Crippen LogP contribution in [-0.2, 0) is 13.1 Å². The molecule has 9 heteroatoms. The topological polar surface area (TPSA) is 88.6 Å². The Kier molecular flexibility index (Phi) is 6.10. The molecule has 3 aliphatic rings. The summed E-state index contributed by atoms with van der Waals surface area (Å²) in [5.41, 5.74) is 3.63. The number of fused-ring (bicyclic) bond motifs is 3. The molecular weight excluding hydrogens is 542 g/mol. The minimum atomic E-state index is -0.643. The van der Waals surface area contributed by atoms with E-state index in [2.05, 4.69) is 59.7 Å². The maximum absolute atomic E-state index is 10.9. The number of halogens is 1. The molecule has 0 bridgehead atoms. The van der Waals surface area contributed by atoms with E-state index in [1.807, 2.05) is 29.3 Å². The van der Waals surface area contributed by atoms with Crippen LogP contribution in [0.4, 0.5) is 0 Å². The van der Waals surface area contributed by atoms with Gasteiger partial charge in [-0.2, -0.15) is 5.26 Å². The summed E-state index contributed by atoms with van der Waals surface area (Å²) in [6.45, 7) is 7.21. The van der Waals surface area contributed by atoms with Gasteiger partial charge < -0.3 is 19.7 Å². The van der Waals surface area contributed by atoms with Gasteiger partial charge in [0.05, 0.1) is 27.2 Å². The van der Waals surface area contributed by atoms with Crippen LogP contribution in [0.1, 0.15) is 31.6 Å². The molecule has 7 nitrogen and oxygen atoms in total. The lowest BCUT2D eigenvalue weighted by Crippen LogP contribution is -2.41. The molecule has 40 heavy (non-hydrogen) atoms. The fraction of sp³-hybridized carbons (Fsp3) is 0.484. The van der Waals surface area contributed by atoms with E-state index in [0.717, 1.165) is 63.1 Å². The fourth-order valence-corrected chi connectivity index (χ4v) is 8.78. The van der Waals surface area contributed by atoms with Gasteiger partial charge in [0, 0.05) is 63.7 Å². The molecule has 2 aliphatic heterocycles. The number of pyridine rings is 1. The first-order chi connectivity index (χ1) is 19.1. The van der Waals surface area contributed by atoms with Crippen LogP contribution in [0.5, 0.6) is 0 Å². The van der Waals surface area contributed by atoms with E-state index in [-0.39, 0.29) is 17.3 Å². The minimum Gasteiger partial charge on any atom is -0.378 e. The maximum Gasteiger partial charge on any atom is 0.113 e. The number of nitrogens with zero attached hydrogens (tertiary/aromatic N) is 5. The number of hydrogen-bond donors (Lipinski definition) is 2. The molecule has 4 unspecified atom stereocenters. The number of aliphatic hydroxyl groups is 2. The molecule has 0 spiro atoms. The first-order valence-corrected chi connectivity index (χ1v) is 15.2. The quantitative estimate of drug-likeness (QED) is 0.325. The molecule has 2 N–H and O–H groups in total. The number of aliphatic hydroxyl groups excluding tert-OH is 2. The lowest BCUT2D eigenvalue weighted by molar-refractivity contribution is -0.0987. The summed E-state index contributed by atoms with van der Waals surface area (Å²) in [5.74, 6) is 0.221. The highest BCUT2D eigenvalue weighted by atomic mass is 35.5. The van der Waals surface area contributed by atoms with Crippen molar-refractivity contribution < 1.29 is 10.2 Å². The summed E-state index contributed by atoms with van der Waals surface area (Å²) >= 11 is 8.30. The summed E-state index contributed by atoms with van der Waals surface area (Å²) in [6, 6.07) is 12.9. The molecular formula is C31H34ClN5O2S. The van der Waals surface area contributed by atoms with Crippen molar-refractivity contribution in [3.05, 3.63) is 52.6 Å². The van der Waals surface area contributed by atoms with Crippen LogP contribution in [-0.4, -0.2) is 62.2 Å². The van der Waals surface area contributed by atoms with Gasteiger partial charge in [0.25, 0.3) is 0 Å². The van der Waals surface area contributed by atoms with Crippen LogP contribution >= 0.6 is 22.9 Å². The Bertz CT molecular complexity index is 1650. The second-order valence-corrected chi connectivity index (χ2v) is 14.3. The highest BCUT2D eigenvalue weighted by Crippen LogP contribution is 2.66. The SMILES string of the molecule is CN1CCC(C#N)(Cn2ccc3cc(Cl)cc(-c4ccnc5cc(CN6C(O)C7C(C6O)C7(C)C)sc45)c32)CC1. The Morgan fingerprint density at radius 2 is 1.82 bits per heavy atom. The summed E-state index contributed by atoms with van der Waals surface area (Å²) in [4.78, 5) is 9.82. The number of thiophene rings is 1.